The molecule has 0 N–H and O–H groups in total. The first-order valence-electron chi connectivity index (χ1n) is 8.81. The number of halogens is 3. The molecule has 1 aromatic heterocycles. The summed E-state index contributed by atoms with van der Waals surface area (Å²) < 4.78 is 64.4. The molecule has 2 aromatic carbocycles. The normalized spacial score (nSPS) is 14.5. The molecule has 1 fully saturated rings. The molecule has 0 amide bonds. The molecule has 0 unspecified atom stereocenters. The molecule has 1 aliphatic carbocycles. The van der Waals surface area contributed by atoms with Crippen molar-refractivity contribution in [3.8, 4) is 11.4 Å². The van der Waals surface area contributed by atoms with Crippen molar-refractivity contribution in [1.29, 1.82) is 0 Å². The summed E-state index contributed by atoms with van der Waals surface area (Å²) >= 11 is 1.38. The van der Waals surface area contributed by atoms with Crippen LogP contribution in [-0.4, -0.2) is 28.9 Å². The number of aromatic nitrogens is 3. The van der Waals surface area contributed by atoms with Gasteiger partial charge in [0.25, 0.3) is 0 Å². The Hall–Kier alpha value is -2.33. The molecule has 1 aliphatic rings. The fourth-order valence-corrected chi connectivity index (χ4v) is 4.57. The fraction of sp³-hybridized carbons (Fsp3) is 0.263. The molecule has 0 aliphatic heterocycles. The average Bonchev–Trinajstić information content (AvgIpc) is 3.46. The maximum Gasteiger partial charge on any atom is 0.341 e. The smallest absolute Gasteiger partial charge is 0.299 e. The van der Waals surface area contributed by atoms with Crippen LogP contribution in [-0.2, 0) is 15.6 Å². The third kappa shape index (κ3) is 4.04. The first-order valence-corrected chi connectivity index (χ1v) is 11.3. The van der Waals surface area contributed by atoms with Gasteiger partial charge in [-0.25, -0.2) is 12.8 Å². The Morgan fingerprint density at radius 3 is 2.38 bits per heavy atom. The van der Waals surface area contributed by atoms with E-state index in [4.69, 9.17) is 0 Å². The second-order valence-corrected chi connectivity index (χ2v) is 9.49. The molecule has 0 saturated heterocycles. The number of nitrogens with zero attached hydrogens (tertiary/aromatic N) is 3. The summed E-state index contributed by atoms with van der Waals surface area (Å²) in [7, 11) is -4.60. The first kappa shape index (κ1) is 20.0. The van der Waals surface area contributed by atoms with E-state index in [9.17, 15) is 21.6 Å². The summed E-state index contributed by atoms with van der Waals surface area (Å²) in [6.45, 7) is 0. The molecular weight excluding hydrogens is 423 g/mol. The molecule has 0 bridgehead atoms. The van der Waals surface area contributed by atoms with Crippen molar-refractivity contribution < 1.29 is 21.6 Å². The van der Waals surface area contributed by atoms with Crippen LogP contribution in [0.2, 0.25) is 0 Å². The molecule has 0 atom stereocenters. The minimum absolute atomic E-state index is 0.223. The lowest BCUT2D eigenvalue weighted by Crippen LogP contribution is -2.11. The van der Waals surface area contributed by atoms with Gasteiger partial charge >= 0.3 is 5.76 Å². The van der Waals surface area contributed by atoms with E-state index in [0.29, 0.717) is 22.3 Å². The Kier molecular flexibility index (Phi) is 5.39. The van der Waals surface area contributed by atoms with Gasteiger partial charge in [-0.3, -0.25) is 4.57 Å². The van der Waals surface area contributed by atoms with Crippen LogP contribution >= 0.6 is 11.8 Å². The predicted molar refractivity (Wildman–Crippen MR) is 103 cm³/mol. The van der Waals surface area contributed by atoms with Gasteiger partial charge in [0.1, 0.15) is 5.82 Å². The predicted octanol–water partition coefficient (Wildman–Crippen LogP) is 4.71. The topological polar surface area (TPSA) is 64.8 Å². The second-order valence-electron chi connectivity index (χ2n) is 6.63. The molecule has 0 radical (unpaired) electrons. The third-order valence-electron chi connectivity index (χ3n) is 4.55. The quantitative estimate of drug-likeness (QED) is 0.499. The van der Waals surface area contributed by atoms with Crippen molar-refractivity contribution in [2.45, 2.75) is 40.4 Å². The molecule has 152 valence electrons. The highest BCUT2D eigenvalue weighted by molar-refractivity contribution is 7.98. The number of sulfone groups is 1. The molecule has 10 heteroatoms. The van der Waals surface area contributed by atoms with E-state index in [-0.39, 0.29) is 11.9 Å². The molecule has 5 nitrogen and oxygen atoms in total. The van der Waals surface area contributed by atoms with Crippen molar-refractivity contribution in [2.75, 3.05) is 0 Å². The number of thioether (sulfide) groups is 1. The largest absolute Gasteiger partial charge is 0.341 e. The number of alkyl halides is 2. The third-order valence-corrected chi connectivity index (χ3v) is 6.96. The van der Waals surface area contributed by atoms with Gasteiger partial charge in [-0.15, -0.1) is 10.2 Å². The molecule has 29 heavy (non-hydrogen) atoms. The van der Waals surface area contributed by atoms with Gasteiger partial charge in [0.05, 0.1) is 10.5 Å². The summed E-state index contributed by atoms with van der Waals surface area (Å²) in [6.07, 6.45) is 1.93. The van der Waals surface area contributed by atoms with E-state index >= 15 is 0 Å². The maximum absolute atomic E-state index is 14.2. The van der Waals surface area contributed by atoms with Crippen LogP contribution in [0.1, 0.15) is 24.4 Å². The molecule has 1 heterocycles. The van der Waals surface area contributed by atoms with Crippen molar-refractivity contribution in [2.24, 2.45) is 0 Å². The highest BCUT2D eigenvalue weighted by atomic mass is 32.2. The zero-order valence-electron chi connectivity index (χ0n) is 15.0. The summed E-state index contributed by atoms with van der Waals surface area (Å²) in [6, 6.07) is 12.0. The molecule has 1 saturated carbocycles. The number of benzene rings is 2. The number of hydrogen-bond donors (Lipinski definition) is 0. The molecule has 3 aromatic rings. The summed E-state index contributed by atoms with van der Waals surface area (Å²) in [5.74, 6) is -2.89. The zero-order chi connectivity index (χ0) is 20.6. The van der Waals surface area contributed by atoms with Crippen molar-refractivity contribution in [3.63, 3.8) is 0 Å². The van der Waals surface area contributed by atoms with Gasteiger partial charge in [-0.05, 0) is 42.7 Å². The summed E-state index contributed by atoms with van der Waals surface area (Å²) in [5, 5.41) is 9.01. The minimum Gasteiger partial charge on any atom is -0.299 e. The summed E-state index contributed by atoms with van der Waals surface area (Å²) in [4.78, 5) is -0.413. The number of hydrogen-bond acceptors (Lipinski definition) is 5. The Morgan fingerprint density at radius 1 is 1.07 bits per heavy atom. The Bertz CT molecular complexity index is 1130. The van der Waals surface area contributed by atoms with Crippen molar-refractivity contribution in [1.82, 2.24) is 14.8 Å². The Morgan fingerprint density at radius 2 is 1.76 bits per heavy atom. The highest BCUT2D eigenvalue weighted by Crippen LogP contribution is 2.41. The van der Waals surface area contributed by atoms with E-state index < -0.39 is 20.5 Å². The van der Waals surface area contributed by atoms with Gasteiger partial charge in [0, 0.05) is 11.8 Å². The first-order chi connectivity index (χ1) is 13.9. The van der Waals surface area contributed by atoms with Gasteiger partial charge in [-0.2, -0.15) is 8.78 Å². The SMILES string of the molecule is O=S(=O)(c1ccc(CSc2nnc(-c3ccccc3F)n2C2CC2)cc1)C(F)F. The highest BCUT2D eigenvalue weighted by Gasteiger charge is 2.31. The van der Waals surface area contributed by atoms with E-state index in [0.717, 1.165) is 18.4 Å². The van der Waals surface area contributed by atoms with E-state index in [1.54, 1.807) is 18.2 Å². The molecular formula is C19H16F3N3O2S2. The van der Waals surface area contributed by atoms with Gasteiger partial charge in [0.15, 0.2) is 11.0 Å². The van der Waals surface area contributed by atoms with Crippen LogP contribution in [0.25, 0.3) is 11.4 Å². The van der Waals surface area contributed by atoms with Crippen molar-refractivity contribution in [3.05, 3.63) is 59.9 Å². The van der Waals surface area contributed by atoms with Crippen LogP contribution in [0.15, 0.2) is 58.6 Å². The Labute approximate surface area is 169 Å². The van der Waals surface area contributed by atoms with Crippen LogP contribution in [0.3, 0.4) is 0 Å². The molecule has 4 rings (SSSR count). The number of rotatable bonds is 7. The van der Waals surface area contributed by atoms with Crippen molar-refractivity contribution >= 4 is 21.6 Å². The monoisotopic (exact) mass is 439 g/mol. The lowest BCUT2D eigenvalue weighted by atomic mass is 10.2. The van der Waals surface area contributed by atoms with Crippen LogP contribution < -0.4 is 0 Å². The lowest BCUT2D eigenvalue weighted by Gasteiger charge is -2.09. The van der Waals surface area contributed by atoms with E-state index in [1.165, 1.54) is 42.1 Å². The van der Waals surface area contributed by atoms with Gasteiger partial charge in [-0.1, -0.05) is 36.0 Å². The van der Waals surface area contributed by atoms with Crippen LogP contribution in [0, 0.1) is 5.82 Å². The van der Waals surface area contributed by atoms with E-state index in [1.807, 2.05) is 4.57 Å². The zero-order valence-corrected chi connectivity index (χ0v) is 16.6. The lowest BCUT2D eigenvalue weighted by molar-refractivity contribution is 0.234. The van der Waals surface area contributed by atoms with Crippen LogP contribution in [0.4, 0.5) is 13.2 Å². The standard InChI is InChI=1S/C19H16F3N3O2S2/c20-16-4-2-1-3-15(16)17-23-24-19(25(17)13-7-8-13)28-11-12-5-9-14(10-6-12)29(26,27)18(21)22/h1-6,9-10,13,18H,7-8,11H2. The van der Waals surface area contributed by atoms with Crippen LogP contribution in [0.5, 0.6) is 0 Å². The van der Waals surface area contributed by atoms with Gasteiger partial charge in [0.2, 0.25) is 9.84 Å². The maximum atomic E-state index is 14.2. The van der Waals surface area contributed by atoms with Gasteiger partial charge < -0.3 is 0 Å². The second kappa shape index (κ2) is 7.83. The average molecular weight is 439 g/mol. The Balaban J connectivity index is 1.55. The summed E-state index contributed by atoms with van der Waals surface area (Å²) in [5.41, 5.74) is 1.14. The van der Waals surface area contributed by atoms with E-state index in [2.05, 4.69) is 10.2 Å². The fourth-order valence-electron chi connectivity index (χ4n) is 2.89. The minimum atomic E-state index is -4.60. The molecule has 0 spiro atoms.